The van der Waals surface area contributed by atoms with Gasteiger partial charge < -0.3 is 9.26 Å². The van der Waals surface area contributed by atoms with Gasteiger partial charge in [0.1, 0.15) is 5.92 Å². The molecule has 0 N–H and O–H groups in total. The van der Waals surface area contributed by atoms with Crippen LogP contribution in [-0.2, 0) is 9.53 Å². The number of esters is 1. The molecule has 0 amide bonds. The Hall–Kier alpha value is -1.69. The second-order valence-electron chi connectivity index (χ2n) is 5.36. The van der Waals surface area contributed by atoms with E-state index in [9.17, 15) is 4.79 Å². The van der Waals surface area contributed by atoms with Crippen LogP contribution in [0.25, 0.3) is 11.4 Å². The lowest BCUT2D eigenvalue weighted by Gasteiger charge is -2.13. The molecule has 0 radical (unpaired) electrons. The molecular formula is C15H20N2O3S. The summed E-state index contributed by atoms with van der Waals surface area (Å²) in [6.45, 7) is 8.23. The van der Waals surface area contributed by atoms with Crippen molar-refractivity contribution in [3.63, 3.8) is 0 Å². The fourth-order valence-corrected chi connectivity index (χ4v) is 2.91. The van der Waals surface area contributed by atoms with Crippen molar-refractivity contribution in [2.75, 3.05) is 6.61 Å². The number of hydrogen-bond donors (Lipinski definition) is 0. The number of aromatic nitrogens is 2. The predicted octanol–water partition coefficient (Wildman–Crippen LogP) is 3.80. The Morgan fingerprint density at radius 2 is 2.19 bits per heavy atom. The van der Waals surface area contributed by atoms with Crippen LogP contribution in [0.1, 0.15) is 44.6 Å². The molecule has 2 aromatic heterocycles. The van der Waals surface area contributed by atoms with E-state index < -0.39 is 5.92 Å². The minimum Gasteiger partial charge on any atom is -0.465 e. The molecule has 5 nitrogen and oxygen atoms in total. The van der Waals surface area contributed by atoms with Crippen molar-refractivity contribution in [2.24, 2.45) is 5.92 Å². The summed E-state index contributed by atoms with van der Waals surface area (Å²) in [7, 11) is 0. The first-order valence-corrected chi connectivity index (χ1v) is 8.00. The Morgan fingerprint density at radius 1 is 1.43 bits per heavy atom. The van der Waals surface area contributed by atoms with Gasteiger partial charge in [0.15, 0.2) is 0 Å². The smallest absolute Gasteiger partial charge is 0.318 e. The molecule has 2 heterocycles. The topological polar surface area (TPSA) is 65.2 Å². The van der Waals surface area contributed by atoms with Gasteiger partial charge in [-0.3, -0.25) is 4.79 Å². The number of aryl methyl sites for hydroxylation is 1. The third-order valence-corrected chi connectivity index (χ3v) is 3.98. The Labute approximate surface area is 128 Å². The number of ether oxygens (including phenoxy) is 1. The van der Waals surface area contributed by atoms with Gasteiger partial charge in [-0.05, 0) is 37.1 Å². The zero-order chi connectivity index (χ0) is 15.4. The maximum Gasteiger partial charge on any atom is 0.318 e. The Balaban J connectivity index is 2.27. The third-order valence-electron chi connectivity index (χ3n) is 3.11. The van der Waals surface area contributed by atoms with Crippen LogP contribution in [0.4, 0.5) is 0 Å². The lowest BCUT2D eigenvalue weighted by molar-refractivity contribution is -0.146. The van der Waals surface area contributed by atoms with Crippen molar-refractivity contribution in [1.29, 1.82) is 0 Å². The molecule has 0 saturated heterocycles. The Morgan fingerprint density at radius 3 is 2.76 bits per heavy atom. The fourth-order valence-electron chi connectivity index (χ4n) is 2.09. The summed E-state index contributed by atoms with van der Waals surface area (Å²) in [6, 6.07) is 0. The largest absolute Gasteiger partial charge is 0.465 e. The number of hydrogen-bond acceptors (Lipinski definition) is 6. The van der Waals surface area contributed by atoms with E-state index in [-0.39, 0.29) is 5.97 Å². The Kier molecular flexibility index (Phi) is 5.12. The quantitative estimate of drug-likeness (QED) is 0.759. The summed E-state index contributed by atoms with van der Waals surface area (Å²) >= 11 is 1.59. The molecule has 0 aliphatic carbocycles. The minimum absolute atomic E-state index is 0.302. The number of carbonyl (C=O) groups is 1. The minimum atomic E-state index is -0.495. The van der Waals surface area contributed by atoms with Gasteiger partial charge in [-0.1, -0.05) is 19.0 Å². The van der Waals surface area contributed by atoms with Crippen molar-refractivity contribution in [3.05, 3.63) is 22.2 Å². The number of rotatable bonds is 6. The molecule has 0 saturated carbocycles. The van der Waals surface area contributed by atoms with Gasteiger partial charge in [-0.2, -0.15) is 16.3 Å². The van der Waals surface area contributed by atoms with Gasteiger partial charge in [0.25, 0.3) is 0 Å². The third kappa shape index (κ3) is 3.69. The van der Waals surface area contributed by atoms with Gasteiger partial charge in [0.05, 0.1) is 6.61 Å². The molecule has 2 rings (SSSR count). The summed E-state index contributed by atoms with van der Waals surface area (Å²) in [6.07, 6.45) is 0.628. The zero-order valence-electron chi connectivity index (χ0n) is 12.8. The van der Waals surface area contributed by atoms with Gasteiger partial charge in [0.2, 0.25) is 11.7 Å². The average molecular weight is 308 g/mol. The van der Waals surface area contributed by atoms with Gasteiger partial charge in [0, 0.05) is 10.9 Å². The van der Waals surface area contributed by atoms with Crippen molar-refractivity contribution in [1.82, 2.24) is 10.1 Å². The number of carbonyl (C=O) groups excluding carboxylic acids is 1. The normalized spacial score (nSPS) is 12.6. The van der Waals surface area contributed by atoms with E-state index in [4.69, 9.17) is 9.26 Å². The molecule has 1 unspecified atom stereocenters. The standard InChI is InChI=1S/C15H20N2O3S/c1-5-19-15(18)11(6-9(2)3)14-16-13(17-20-14)12-8-21-7-10(12)4/h7-9,11H,5-6H2,1-4H3. The second kappa shape index (κ2) is 6.85. The van der Waals surface area contributed by atoms with Crippen LogP contribution in [-0.4, -0.2) is 22.7 Å². The van der Waals surface area contributed by atoms with E-state index in [1.165, 1.54) is 0 Å². The van der Waals surface area contributed by atoms with E-state index in [0.717, 1.165) is 11.1 Å². The van der Waals surface area contributed by atoms with Crippen LogP contribution in [0.5, 0.6) is 0 Å². The lowest BCUT2D eigenvalue weighted by Crippen LogP contribution is -2.18. The van der Waals surface area contributed by atoms with Crippen LogP contribution in [0.3, 0.4) is 0 Å². The van der Waals surface area contributed by atoms with Crippen LogP contribution in [0.15, 0.2) is 15.3 Å². The Bertz CT molecular complexity index is 604. The van der Waals surface area contributed by atoms with Crippen molar-refractivity contribution in [2.45, 2.75) is 40.0 Å². The van der Waals surface area contributed by atoms with Crippen LogP contribution < -0.4 is 0 Å². The number of nitrogens with zero attached hydrogens (tertiary/aromatic N) is 2. The molecular weight excluding hydrogens is 288 g/mol. The van der Waals surface area contributed by atoms with Gasteiger partial charge in [-0.25, -0.2) is 0 Å². The summed E-state index contributed by atoms with van der Waals surface area (Å²) in [5, 5.41) is 8.01. The summed E-state index contributed by atoms with van der Waals surface area (Å²) in [5.74, 6) is 0.399. The molecule has 2 aromatic rings. The SMILES string of the molecule is CCOC(=O)C(CC(C)C)c1nc(-c2cscc2C)no1. The first-order valence-electron chi connectivity index (χ1n) is 7.06. The predicted molar refractivity (Wildman–Crippen MR) is 81.2 cm³/mol. The zero-order valence-corrected chi connectivity index (χ0v) is 13.6. The summed E-state index contributed by atoms with van der Waals surface area (Å²) < 4.78 is 10.4. The van der Waals surface area contributed by atoms with Crippen molar-refractivity contribution >= 4 is 17.3 Å². The van der Waals surface area contributed by atoms with Crippen LogP contribution in [0, 0.1) is 12.8 Å². The molecule has 0 spiro atoms. The molecule has 0 bridgehead atoms. The highest BCUT2D eigenvalue weighted by Crippen LogP contribution is 2.28. The fraction of sp³-hybridized carbons (Fsp3) is 0.533. The molecule has 0 aliphatic heterocycles. The highest BCUT2D eigenvalue weighted by molar-refractivity contribution is 7.08. The maximum absolute atomic E-state index is 12.1. The number of thiophene rings is 1. The van der Waals surface area contributed by atoms with E-state index in [1.54, 1.807) is 18.3 Å². The monoisotopic (exact) mass is 308 g/mol. The van der Waals surface area contributed by atoms with Crippen LogP contribution in [0.2, 0.25) is 0 Å². The molecule has 0 aromatic carbocycles. The molecule has 114 valence electrons. The molecule has 21 heavy (non-hydrogen) atoms. The first kappa shape index (κ1) is 15.7. The van der Waals surface area contributed by atoms with Crippen molar-refractivity contribution in [3.8, 4) is 11.4 Å². The van der Waals surface area contributed by atoms with Gasteiger partial charge >= 0.3 is 5.97 Å². The molecule has 1 atom stereocenters. The second-order valence-corrected chi connectivity index (χ2v) is 6.10. The highest BCUT2D eigenvalue weighted by atomic mass is 32.1. The molecule has 6 heteroatoms. The molecule has 0 fully saturated rings. The maximum atomic E-state index is 12.1. The van der Waals surface area contributed by atoms with Crippen LogP contribution >= 0.6 is 11.3 Å². The average Bonchev–Trinajstić information content (AvgIpc) is 3.04. The van der Waals surface area contributed by atoms with E-state index >= 15 is 0 Å². The first-order chi connectivity index (χ1) is 10.0. The van der Waals surface area contributed by atoms with E-state index in [2.05, 4.69) is 10.1 Å². The summed E-state index contributed by atoms with van der Waals surface area (Å²) in [4.78, 5) is 16.5. The van der Waals surface area contributed by atoms with E-state index in [1.807, 2.05) is 31.5 Å². The van der Waals surface area contributed by atoms with Crippen molar-refractivity contribution < 1.29 is 14.1 Å². The van der Waals surface area contributed by atoms with E-state index in [0.29, 0.717) is 30.7 Å². The van der Waals surface area contributed by atoms with Gasteiger partial charge in [-0.15, -0.1) is 0 Å². The summed E-state index contributed by atoms with van der Waals surface area (Å²) in [5.41, 5.74) is 2.05. The molecule has 0 aliphatic rings. The highest BCUT2D eigenvalue weighted by Gasteiger charge is 2.29. The lowest BCUT2D eigenvalue weighted by atomic mass is 9.97.